The van der Waals surface area contributed by atoms with E-state index in [4.69, 9.17) is 16.3 Å². The zero-order valence-electron chi connectivity index (χ0n) is 15.7. The zero-order valence-corrected chi connectivity index (χ0v) is 16.4. The lowest BCUT2D eigenvalue weighted by Crippen LogP contribution is -2.39. The Labute approximate surface area is 161 Å². The molecule has 1 amide bonds. The van der Waals surface area contributed by atoms with Crippen molar-refractivity contribution in [3.8, 4) is 5.75 Å². The van der Waals surface area contributed by atoms with Crippen LogP contribution in [0.3, 0.4) is 0 Å². The van der Waals surface area contributed by atoms with Crippen molar-refractivity contribution in [1.29, 1.82) is 0 Å². The largest absolute Gasteiger partial charge is 0.484 e. The van der Waals surface area contributed by atoms with Gasteiger partial charge in [0.05, 0.1) is 6.04 Å². The number of nitrogens with zero attached hydrogens (tertiary/aromatic N) is 1. The SMILES string of the molecule is CCN(CC)C(CNC(=O)COc1ccccc1C)c1ccccc1Cl. The topological polar surface area (TPSA) is 41.6 Å². The fraction of sp³-hybridized carbons (Fsp3) is 0.381. The molecule has 0 bridgehead atoms. The molecular weight excluding hydrogens is 348 g/mol. The Morgan fingerprint density at radius 2 is 1.77 bits per heavy atom. The van der Waals surface area contributed by atoms with Crippen LogP contribution in [0.15, 0.2) is 48.5 Å². The number of hydrogen-bond acceptors (Lipinski definition) is 3. The van der Waals surface area contributed by atoms with Gasteiger partial charge < -0.3 is 10.1 Å². The second kappa shape index (κ2) is 10.2. The van der Waals surface area contributed by atoms with Crippen LogP contribution in [0.1, 0.15) is 31.0 Å². The third-order valence-electron chi connectivity index (χ3n) is 4.46. The predicted octanol–water partition coefficient (Wildman–Crippen LogP) is 4.23. The molecule has 1 unspecified atom stereocenters. The van der Waals surface area contributed by atoms with Gasteiger partial charge in [0.15, 0.2) is 6.61 Å². The highest BCUT2D eigenvalue weighted by Gasteiger charge is 2.21. The van der Waals surface area contributed by atoms with Gasteiger partial charge in [-0.25, -0.2) is 0 Å². The van der Waals surface area contributed by atoms with Gasteiger partial charge in [-0.15, -0.1) is 0 Å². The maximum Gasteiger partial charge on any atom is 0.258 e. The standard InChI is InChI=1S/C21H27ClN2O2/c1-4-24(5-2)19(17-11-7-8-12-18(17)22)14-23-21(25)15-26-20-13-9-6-10-16(20)3/h6-13,19H,4-5,14-15H2,1-3H3,(H,23,25). The number of para-hydroxylation sites is 1. The van der Waals surface area contributed by atoms with Crippen LogP contribution in [0.25, 0.3) is 0 Å². The number of ether oxygens (including phenoxy) is 1. The molecule has 2 aromatic carbocycles. The molecule has 0 radical (unpaired) electrons. The molecule has 0 saturated heterocycles. The van der Waals surface area contributed by atoms with Crippen LogP contribution in [-0.2, 0) is 4.79 Å². The van der Waals surface area contributed by atoms with Gasteiger partial charge in [-0.05, 0) is 43.3 Å². The quantitative estimate of drug-likeness (QED) is 0.714. The molecule has 140 valence electrons. The Kier molecular flexibility index (Phi) is 7.95. The average Bonchev–Trinajstić information content (AvgIpc) is 2.65. The Bertz CT molecular complexity index is 717. The summed E-state index contributed by atoms with van der Waals surface area (Å²) in [5, 5.41) is 3.70. The first-order chi connectivity index (χ1) is 12.6. The van der Waals surface area contributed by atoms with E-state index in [0.29, 0.717) is 6.54 Å². The number of carbonyl (C=O) groups is 1. The molecule has 0 spiro atoms. The molecule has 26 heavy (non-hydrogen) atoms. The van der Waals surface area contributed by atoms with Crippen LogP contribution in [0, 0.1) is 6.92 Å². The lowest BCUT2D eigenvalue weighted by atomic mass is 10.0. The van der Waals surface area contributed by atoms with E-state index in [1.165, 1.54) is 0 Å². The van der Waals surface area contributed by atoms with Gasteiger partial charge in [-0.2, -0.15) is 0 Å². The Balaban J connectivity index is 1.99. The highest BCUT2D eigenvalue weighted by Crippen LogP contribution is 2.27. The monoisotopic (exact) mass is 374 g/mol. The molecule has 0 heterocycles. The van der Waals surface area contributed by atoms with Crippen LogP contribution in [0.5, 0.6) is 5.75 Å². The third-order valence-corrected chi connectivity index (χ3v) is 4.81. The van der Waals surface area contributed by atoms with Gasteiger partial charge in [0.25, 0.3) is 5.91 Å². The zero-order chi connectivity index (χ0) is 18.9. The van der Waals surface area contributed by atoms with E-state index in [0.717, 1.165) is 35.0 Å². The third kappa shape index (κ3) is 5.48. The molecule has 0 aliphatic rings. The molecule has 0 aliphatic heterocycles. The second-order valence-corrected chi connectivity index (χ2v) is 6.52. The number of rotatable bonds is 9. The van der Waals surface area contributed by atoms with Gasteiger partial charge in [0.2, 0.25) is 0 Å². The molecule has 0 aromatic heterocycles. The molecule has 1 atom stereocenters. The number of carbonyl (C=O) groups excluding carboxylic acids is 1. The van der Waals surface area contributed by atoms with E-state index in [1.807, 2.05) is 55.5 Å². The summed E-state index contributed by atoms with van der Waals surface area (Å²) in [5.41, 5.74) is 2.04. The van der Waals surface area contributed by atoms with E-state index < -0.39 is 0 Å². The average molecular weight is 375 g/mol. The van der Waals surface area contributed by atoms with Crippen LogP contribution in [0.2, 0.25) is 5.02 Å². The summed E-state index contributed by atoms with van der Waals surface area (Å²) < 4.78 is 5.62. The lowest BCUT2D eigenvalue weighted by Gasteiger charge is -2.30. The molecule has 2 rings (SSSR count). The Morgan fingerprint density at radius 1 is 1.12 bits per heavy atom. The lowest BCUT2D eigenvalue weighted by molar-refractivity contribution is -0.123. The van der Waals surface area contributed by atoms with Gasteiger partial charge in [-0.1, -0.05) is 61.8 Å². The van der Waals surface area contributed by atoms with Crippen LogP contribution >= 0.6 is 11.6 Å². The van der Waals surface area contributed by atoms with Gasteiger partial charge in [0, 0.05) is 11.6 Å². The highest BCUT2D eigenvalue weighted by atomic mass is 35.5. The Hall–Kier alpha value is -2.04. The summed E-state index contributed by atoms with van der Waals surface area (Å²) in [6.07, 6.45) is 0. The van der Waals surface area contributed by atoms with Crippen LogP contribution in [0.4, 0.5) is 0 Å². The van der Waals surface area contributed by atoms with Gasteiger partial charge in [0.1, 0.15) is 5.75 Å². The second-order valence-electron chi connectivity index (χ2n) is 6.12. The van der Waals surface area contributed by atoms with Crippen molar-refractivity contribution < 1.29 is 9.53 Å². The summed E-state index contributed by atoms with van der Waals surface area (Å²) in [4.78, 5) is 14.5. The van der Waals surface area contributed by atoms with Gasteiger partial charge in [-0.3, -0.25) is 9.69 Å². The minimum absolute atomic E-state index is 0.00164. The van der Waals surface area contributed by atoms with E-state index in [9.17, 15) is 4.79 Å². The smallest absolute Gasteiger partial charge is 0.258 e. The molecule has 4 nitrogen and oxygen atoms in total. The fourth-order valence-electron chi connectivity index (χ4n) is 2.97. The van der Waals surface area contributed by atoms with Crippen molar-refractivity contribution in [3.63, 3.8) is 0 Å². The minimum atomic E-state index is -0.141. The number of aryl methyl sites for hydroxylation is 1. The van der Waals surface area contributed by atoms with Crippen molar-refractivity contribution in [2.45, 2.75) is 26.8 Å². The number of nitrogens with one attached hydrogen (secondary N) is 1. The van der Waals surface area contributed by atoms with Crippen LogP contribution in [-0.4, -0.2) is 37.0 Å². The number of halogens is 1. The molecule has 0 saturated carbocycles. The maximum absolute atomic E-state index is 12.3. The molecular formula is C21H27ClN2O2. The van der Waals surface area contributed by atoms with Gasteiger partial charge >= 0.3 is 0 Å². The number of benzene rings is 2. The summed E-state index contributed by atoms with van der Waals surface area (Å²) in [6.45, 7) is 8.41. The normalized spacial score (nSPS) is 12.0. The first-order valence-electron chi connectivity index (χ1n) is 9.00. The van der Waals surface area contributed by atoms with E-state index >= 15 is 0 Å². The summed E-state index contributed by atoms with van der Waals surface area (Å²) >= 11 is 6.39. The van der Waals surface area contributed by atoms with E-state index in [-0.39, 0.29) is 18.6 Å². The molecule has 2 aromatic rings. The summed E-state index contributed by atoms with van der Waals surface area (Å²) in [6, 6.07) is 15.5. The summed E-state index contributed by atoms with van der Waals surface area (Å²) in [5.74, 6) is 0.589. The van der Waals surface area contributed by atoms with Crippen molar-refractivity contribution in [2.24, 2.45) is 0 Å². The first-order valence-corrected chi connectivity index (χ1v) is 9.38. The number of amides is 1. The first kappa shape index (κ1) is 20.3. The number of hydrogen-bond donors (Lipinski definition) is 1. The Morgan fingerprint density at radius 3 is 2.42 bits per heavy atom. The van der Waals surface area contributed by atoms with Crippen molar-refractivity contribution in [1.82, 2.24) is 10.2 Å². The van der Waals surface area contributed by atoms with Crippen molar-refractivity contribution >= 4 is 17.5 Å². The fourth-order valence-corrected chi connectivity index (χ4v) is 3.23. The predicted molar refractivity (Wildman–Crippen MR) is 107 cm³/mol. The minimum Gasteiger partial charge on any atom is -0.484 e. The molecule has 0 fully saturated rings. The van der Waals surface area contributed by atoms with Crippen molar-refractivity contribution in [3.05, 3.63) is 64.7 Å². The van der Waals surface area contributed by atoms with E-state index in [1.54, 1.807) is 0 Å². The highest BCUT2D eigenvalue weighted by molar-refractivity contribution is 6.31. The van der Waals surface area contributed by atoms with Crippen LogP contribution < -0.4 is 10.1 Å². The summed E-state index contributed by atoms with van der Waals surface area (Å²) in [7, 11) is 0. The number of likely N-dealkylation sites (N-methyl/N-ethyl adjacent to an activating group) is 1. The molecule has 0 aliphatic carbocycles. The maximum atomic E-state index is 12.3. The van der Waals surface area contributed by atoms with E-state index in [2.05, 4.69) is 24.1 Å². The molecule has 1 N–H and O–H groups in total. The van der Waals surface area contributed by atoms with Crippen molar-refractivity contribution in [2.75, 3.05) is 26.2 Å². The molecule has 5 heteroatoms.